The molecule has 0 atom stereocenters. The van der Waals surface area contributed by atoms with E-state index >= 15 is 0 Å². The van der Waals surface area contributed by atoms with Gasteiger partial charge in [-0.15, -0.1) is 0 Å². The molecule has 0 radical (unpaired) electrons. The molecule has 1 aromatic heterocycles. The van der Waals surface area contributed by atoms with Crippen molar-refractivity contribution in [1.29, 1.82) is 0 Å². The third kappa shape index (κ3) is 4.80. The maximum absolute atomic E-state index is 12.2. The van der Waals surface area contributed by atoms with Crippen molar-refractivity contribution in [2.75, 3.05) is 17.7 Å². The van der Waals surface area contributed by atoms with E-state index < -0.39 is 0 Å². The summed E-state index contributed by atoms with van der Waals surface area (Å²) in [4.78, 5) is 16.7. The second-order valence-electron chi connectivity index (χ2n) is 5.02. The minimum absolute atomic E-state index is 0.103. The SMILES string of the molecule is CCOc1ccccc1NC(=O)CSc1nc(-c2ccccc2)ns1. The molecule has 0 saturated carbocycles. The Kier molecular flexibility index (Phi) is 6.03. The van der Waals surface area contributed by atoms with Crippen LogP contribution in [0.25, 0.3) is 11.4 Å². The number of nitrogens with one attached hydrogen (secondary N) is 1. The molecule has 0 aliphatic heterocycles. The Hall–Kier alpha value is -2.38. The molecule has 2 aromatic carbocycles. The molecule has 128 valence electrons. The van der Waals surface area contributed by atoms with Gasteiger partial charge >= 0.3 is 0 Å². The van der Waals surface area contributed by atoms with Gasteiger partial charge in [0.15, 0.2) is 10.2 Å². The maximum Gasteiger partial charge on any atom is 0.234 e. The van der Waals surface area contributed by atoms with Crippen LogP contribution in [-0.2, 0) is 4.79 Å². The fraction of sp³-hybridized carbons (Fsp3) is 0.167. The number of carbonyl (C=O) groups is 1. The zero-order chi connectivity index (χ0) is 17.5. The van der Waals surface area contributed by atoms with Gasteiger partial charge in [0.1, 0.15) is 5.75 Å². The third-order valence-corrected chi connectivity index (χ3v) is 5.06. The molecular weight excluding hydrogens is 354 g/mol. The van der Waals surface area contributed by atoms with Crippen molar-refractivity contribution in [2.45, 2.75) is 11.3 Å². The summed E-state index contributed by atoms with van der Waals surface area (Å²) in [6.07, 6.45) is 0. The van der Waals surface area contributed by atoms with E-state index in [1.165, 1.54) is 23.3 Å². The predicted molar refractivity (Wildman–Crippen MR) is 102 cm³/mol. The monoisotopic (exact) mass is 371 g/mol. The van der Waals surface area contributed by atoms with Crippen molar-refractivity contribution in [1.82, 2.24) is 9.36 Å². The van der Waals surface area contributed by atoms with E-state index in [4.69, 9.17) is 4.74 Å². The van der Waals surface area contributed by atoms with Crippen LogP contribution in [0.1, 0.15) is 6.92 Å². The topological polar surface area (TPSA) is 64.1 Å². The third-order valence-electron chi connectivity index (χ3n) is 3.23. The highest BCUT2D eigenvalue weighted by Crippen LogP contribution is 2.27. The fourth-order valence-electron chi connectivity index (χ4n) is 2.14. The van der Waals surface area contributed by atoms with E-state index in [1.807, 2.05) is 61.5 Å². The summed E-state index contributed by atoms with van der Waals surface area (Å²) < 4.78 is 10.6. The summed E-state index contributed by atoms with van der Waals surface area (Å²) in [5, 5.41) is 2.88. The zero-order valence-corrected chi connectivity index (χ0v) is 15.3. The number of nitrogens with zero attached hydrogens (tertiary/aromatic N) is 2. The molecule has 3 rings (SSSR count). The highest BCUT2D eigenvalue weighted by Gasteiger charge is 2.11. The van der Waals surface area contributed by atoms with Gasteiger partial charge in [0, 0.05) is 5.56 Å². The van der Waals surface area contributed by atoms with Gasteiger partial charge in [0.2, 0.25) is 5.91 Å². The van der Waals surface area contributed by atoms with Crippen LogP contribution in [0.4, 0.5) is 5.69 Å². The molecular formula is C18H17N3O2S2. The first-order chi connectivity index (χ1) is 12.3. The van der Waals surface area contributed by atoms with E-state index in [1.54, 1.807) is 0 Å². The number of hydrogen-bond acceptors (Lipinski definition) is 6. The molecule has 1 amide bonds. The smallest absolute Gasteiger partial charge is 0.234 e. The van der Waals surface area contributed by atoms with Crippen molar-refractivity contribution >= 4 is 34.9 Å². The molecule has 3 aromatic rings. The van der Waals surface area contributed by atoms with Gasteiger partial charge in [-0.2, -0.15) is 4.37 Å². The van der Waals surface area contributed by atoms with Crippen LogP contribution in [0, 0.1) is 0 Å². The summed E-state index contributed by atoms with van der Waals surface area (Å²) in [7, 11) is 0. The number of ether oxygens (including phenoxy) is 1. The number of para-hydroxylation sites is 2. The number of carbonyl (C=O) groups excluding carboxylic acids is 1. The lowest BCUT2D eigenvalue weighted by Crippen LogP contribution is -2.14. The van der Waals surface area contributed by atoms with E-state index in [9.17, 15) is 4.79 Å². The van der Waals surface area contributed by atoms with Gasteiger partial charge in [-0.1, -0.05) is 54.2 Å². The summed E-state index contributed by atoms with van der Waals surface area (Å²) >= 11 is 2.68. The highest BCUT2D eigenvalue weighted by molar-refractivity contribution is 8.01. The van der Waals surface area contributed by atoms with Crippen LogP contribution >= 0.6 is 23.3 Å². The average molecular weight is 371 g/mol. The van der Waals surface area contributed by atoms with Crippen molar-refractivity contribution in [3.05, 3.63) is 54.6 Å². The quantitative estimate of drug-likeness (QED) is 0.626. The summed E-state index contributed by atoms with van der Waals surface area (Å²) in [6, 6.07) is 17.2. The van der Waals surface area contributed by atoms with Crippen LogP contribution < -0.4 is 10.1 Å². The lowest BCUT2D eigenvalue weighted by atomic mass is 10.2. The number of amides is 1. The molecule has 1 N–H and O–H groups in total. The molecule has 0 fully saturated rings. The van der Waals surface area contributed by atoms with Crippen LogP contribution in [0.2, 0.25) is 0 Å². The fourth-order valence-corrected chi connectivity index (χ4v) is 3.55. The van der Waals surface area contributed by atoms with Gasteiger partial charge in [0.05, 0.1) is 18.0 Å². The largest absolute Gasteiger partial charge is 0.492 e. The van der Waals surface area contributed by atoms with Crippen molar-refractivity contribution in [3.8, 4) is 17.1 Å². The molecule has 0 unspecified atom stereocenters. The highest BCUT2D eigenvalue weighted by atomic mass is 32.2. The van der Waals surface area contributed by atoms with Gasteiger partial charge in [-0.25, -0.2) is 4.98 Å². The second-order valence-corrected chi connectivity index (χ2v) is 6.99. The number of anilines is 1. The van der Waals surface area contributed by atoms with Crippen LogP contribution in [0.3, 0.4) is 0 Å². The molecule has 1 heterocycles. The van der Waals surface area contributed by atoms with E-state index in [-0.39, 0.29) is 11.7 Å². The number of hydrogen-bond donors (Lipinski definition) is 1. The number of thioether (sulfide) groups is 1. The molecule has 7 heteroatoms. The summed E-state index contributed by atoms with van der Waals surface area (Å²) in [6.45, 7) is 2.46. The molecule has 0 spiro atoms. The van der Waals surface area contributed by atoms with Gasteiger partial charge in [-0.3, -0.25) is 4.79 Å². The first kappa shape index (κ1) is 17.4. The lowest BCUT2D eigenvalue weighted by molar-refractivity contribution is -0.113. The second kappa shape index (κ2) is 8.64. The van der Waals surface area contributed by atoms with E-state index in [0.29, 0.717) is 23.9 Å². The van der Waals surface area contributed by atoms with Crippen LogP contribution in [0.5, 0.6) is 5.75 Å². The molecule has 25 heavy (non-hydrogen) atoms. The normalized spacial score (nSPS) is 10.4. The molecule has 0 aliphatic carbocycles. The van der Waals surface area contributed by atoms with Crippen LogP contribution in [0.15, 0.2) is 58.9 Å². The summed E-state index contributed by atoms with van der Waals surface area (Å²) in [5.74, 6) is 1.53. The first-order valence-corrected chi connectivity index (χ1v) is 9.55. The van der Waals surface area contributed by atoms with E-state index in [2.05, 4.69) is 14.7 Å². The Morgan fingerprint density at radius 3 is 2.72 bits per heavy atom. The molecule has 0 bridgehead atoms. The van der Waals surface area contributed by atoms with Crippen molar-refractivity contribution in [2.24, 2.45) is 0 Å². The summed E-state index contributed by atoms with van der Waals surface area (Å²) in [5.41, 5.74) is 1.65. The lowest BCUT2D eigenvalue weighted by Gasteiger charge is -2.10. The molecule has 0 saturated heterocycles. The van der Waals surface area contributed by atoms with Crippen molar-refractivity contribution < 1.29 is 9.53 Å². The predicted octanol–water partition coefficient (Wildman–Crippen LogP) is 4.33. The maximum atomic E-state index is 12.2. The number of benzene rings is 2. The average Bonchev–Trinajstić information content (AvgIpc) is 3.12. The Morgan fingerprint density at radius 2 is 1.92 bits per heavy atom. The number of rotatable bonds is 7. The van der Waals surface area contributed by atoms with Gasteiger partial charge < -0.3 is 10.1 Å². The Balaban J connectivity index is 1.57. The Morgan fingerprint density at radius 1 is 1.16 bits per heavy atom. The number of aromatic nitrogens is 2. The molecule has 5 nitrogen and oxygen atoms in total. The van der Waals surface area contributed by atoms with Gasteiger partial charge in [-0.05, 0) is 30.6 Å². The van der Waals surface area contributed by atoms with Crippen molar-refractivity contribution in [3.63, 3.8) is 0 Å². The van der Waals surface area contributed by atoms with Gasteiger partial charge in [0.25, 0.3) is 0 Å². The molecule has 0 aliphatic rings. The minimum atomic E-state index is -0.103. The minimum Gasteiger partial charge on any atom is -0.492 e. The standard InChI is InChI=1S/C18H17N3O2S2/c1-2-23-15-11-7-6-10-14(15)19-16(22)12-24-18-20-17(21-25-18)13-8-4-3-5-9-13/h3-11H,2,12H2,1H3,(H,19,22). The zero-order valence-electron chi connectivity index (χ0n) is 13.6. The Labute approximate surface area is 154 Å². The van der Waals surface area contributed by atoms with E-state index in [0.717, 1.165) is 9.90 Å². The Bertz CT molecular complexity index is 837. The van der Waals surface area contributed by atoms with Crippen LogP contribution in [-0.4, -0.2) is 27.6 Å². The first-order valence-electron chi connectivity index (χ1n) is 7.80.